The molecule has 0 saturated carbocycles. The van der Waals surface area contributed by atoms with Gasteiger partial charge in [0.25, 0.3) is 0 Å². The molecule has 0 aliphatic carbocycles. The molecule has 1 rings (SSSR count). The molecule has 0 bridgehead atoms. The zero-order chi connectivity index (χ0) is 11.3. The molecule has 15 heavy (non-hydrogen) atoms. The Morgan fingerprint density at radius 3 is 2.40 bits per heavy atom. The molecule has 1 aliphatic heterocycles. The van der Waals surface area contributed by atoms with E-state index in [0.717, 1.165) is 13.1 Å². The van der Waals surface area contributed by atoms with Gasteiger partial charge in [-0.1, -0.05) is 6.42 Å². The average molecular weight is 209 g/mol. The van der Waals surface area contributed by atoms with Crippen molar-refractivity contribution in [3.63, 3.8) is 0 Å². The lowest BCUT2D eigenvalue weighted by Gasteiger charge is -2.43. The third-order valence-electron chi connectivity index (χ3n) is 3.46. The van der Waals surface area contributed by atoms with E-state index in [1.807, 2.05) is 6.92 Å². The molecule has 86 valence electrons. The summed E-state index contributed by atoms with van der Waals surface area (Å²) in [5, 5.41) is 10.1. The minimum absolute atomic E-state index is 0.135. The van der Waals surface area contributed by atoms with Gasteiger partial charge in [0.1, 0.15) is 0 Å². The molecule has 1 heterocycles. The smallest absolute Gasteiger partial charge is 0.0827 e. The fourth-order valence-corrected chi connectivity index (χ4v) is 2.13. The highest BCUT2D eigenvalue weighted by atomic mass is 16.3. The summed E-state index contributed by atoms with van der Waals surface area (Å²) in [5.74, 6) is 5.81. The highest BCUT2D eigenvalue weighted by Crippen LogP contribution is 2.25. The molecule has 1 N–H and O–H groups in total. The molecule has 0 amide bonds. The van der Waals surface area contributed by atoms with Gasteiger partial charge in [0.05, 0.1) is 6.10 Å². The molecule has 0 radical (unpaired) electrons. The number of aliphatic hydroxyl groups is 1. The second kappa shape index (κ2) is 5.53. The van der Waals surface area contributed by atoms with Gasteiger partial charge in [-0.3, -0.25) is 4.90 Å². The van der Waals surface area contributed by atoms with Crippen LogP contribution in [-0.4, -0.2) is 34.7 Å². The third-order valence-corrected chi connectivity index (χ3v) is 3.46. The molecule has 0 aromatic rings. The predicted octanol–water partition coefficient (Wildman–Crippen LogP) is 2.03. The number of likely N-dealkylation sites (tertiary alicyclic amines) is 1. The number of nitrogens with zero attached hydrogens (tertiary/aromatic N) is 1. The Bertz CT molecular complexity index is 243. The maximum atomic E-state index is 10.1. The van der Waals surface area contributed by atoms with Crippen molar-refractivity contribution >= 4 is 0 Å². The fraction of sp³-hybridized carbons (Fsp3) is 0.846. The normalized spacial score (nSPS) is 20.5. The molecular formula is C13H23NO. The summed E-state index contributed by atoms with van der Waals surface area (Å²) in [4.78, 5) is 2.40. The lowest BCUT2D eigenvalue weighted by Crippen LogP contribution is -2.54. The van der Waals surface area contributed by atoms with Gasteiger partial charge in [0.2, 0.25) is 0 Å². The highest BCUT2D eigenvalue weighted by molar-refractivity contribution is 5.02. The van der Waals surface area contributed by atoms with Crippen LogP contribution in [0.25, 0.3) is 0 Å². The van der Waals surface area contributed by atoms with Crippen molar-refractivity contribution in [1.82, 2.24) is 4.90 Å². The Hall–Kier alpha value is -0.520. The van der Waals surface area contributed by atoms with Gasteiger partial charge in [0, 0.05) is 12.0 Å². The Kier molecular flexibility index (Phi) is 4.63. The minimum Gasteiger partial charge on any atom is -0.390 e. The van der Waals surface area contributed by atoms with Crippen molar-refractivity contribution in [1.29, 1.82) is 0 Å². The van der Waals surface area contributed by atoms with E-state index in [1.54, 1.807) is 0 Å². The van der Waals surface area contributed by atoms with Crippen molar-refractivity contribution in [2.45, 2.75) is 58.1 Å². The van der Waals surface area contributed by atoms with Gasteiger partial charge in [-0.2, -0.15) is 0 Å². The largest absolute Gasteiger partial charge is 0.390 e. The molecule has 1 saturated heterocycles. The number of piperidine rings is 1. The Morgan fingerprint density at radius 2 is 1.87 bits per heavy atom. The monoisotopic (exact) mass is 209 g/mol. The number of aliphatic hydroxyl groups excluding tert-OH is 1. The SMILES string of the molecule is CC#CCC(O)C(C)(C)N1CCCCC1. The standard InChI is InChI=1S/C13H23NO/c1-4-5-9-12(15)13(2,3)14-10-7-6-8-11-14/h12,15H,6-11H2,1-3H3. The molecule has 2 heteroatoms. The van der Waals surface area contributed by atoms with Crippen molar-refractivity contribution in [3.05, 3.63) is 0 Å². The van der Waals surface area contributed by atoms with Crippen LogP contribution in [0.2, 0.25) is 0 Å². The summed E-state index contributed by atoms with van der Waals surface area (Å²) in [6.45, 7) is 8.30. The molecule has 0 aromatic carbocycles. The van der Waals surface area contributed by atoms with Gasteiger partial charge in [-0.05, 0) is 46.7 Å². The maximum absolute atomic E-state index is 10.1. The van der Waals surface area contributed by atoms with Crippen LogP contribution in [0, 0.1) is 11.8 Å². The summed E-state index contributed by atoms with van der Waals surface area (Å²) in [6.07, 6.45) is 4.09. The summed E-state index contributed by atoms with van der Waals surface area (Å²) >= 11 is 0. The lowest BCUT2D eigenvalue weighted by atomic mass is 9.90. The lowest BCUT2D eigenvalue weighted by molar-refractivity contribution is -0.0163. The quantitative estimate of drug-likeness (QED) is 0.719. The molecule has 2 nitrogen and oxygen atoms in total. The number of rotatable bonds is 3. The van der Waals surface area contributed by atoms with E-state index in [2.05, 4.69) is 30.6 Å². The summed E-state index contributed by atoms with van der Waals surface area (Å²) < 4.78 is 0. The van der Waals surface area contributed by atoms with Gasteiger partial charge >= 0.3 is 0 Å². The van der Waals surface area contributed by atoms with E-state index in [4.69, 9.17) is 0 Å². The van der Waals surface area contributed by atoms with Crippen LogP contribution < -0.4 is 0 Å². The van der Waals surface area contributed by atoms with Crippen molar-refractivity contribution < 1.29 is 5.11 Å². The third kappa shape index (κ3) is 3.22. The predicted molar refractivity (Wildman–Crippen MR) is 63.6 cm³/mol. The molecule has 0 spiro atoms. The summed E-state index contributed by atoms with van der Waals surface area (Å²) in [5.41, 5.74) is -0.135. The maximum Gasteiger partial charge on any atom is 0.0827 e. The van der Waals surface area contributed by atoms with Crippen molar-refractivity contribution in [3.8, 4) is 11.8 Å². The van der Waals surface area contributed by atoms with Crippen molar-refractivity contribution in [2.75, 3.05) is 13.1 Å². The van der Waals surface area contributed by atoms with E-state index in [1.165, 1.54) is 19.3 Å². The molecule has 1 atom stereocenters. The zero-order valence-electron chi connectivity index (χ0n) is 10.2. The van der Waals surface area contributed by atoms with Gasteiger partial charge in [-0.15, -0.1) is 11.8 Å². The van der Waals surface area contributed by atoms with Crippen LogP contribution in [-0.2, 0) is 0 Å². The Labute approximate surface area is 93.7 Å². The van der Waals surface area contributed by atoms with Crippen molar-refractivity contribution in [2.24, 2.45) is 0 Å². The zero-order valence-corrected chi connectivity index (χ0v) is 10.2. The molecule has 1 unspecified atom stereocenters. The van der Waals surface area contributed by atoms with Gasteiger partial charge < -0.3 is 5.11 Å². The van der Waals surface area contributed by atoms with Gasteiger partial charge in [-0.25, -0.2) is 0 Å². The van der Waals surface area contributed by atoms with E-state index in [0.29, 0.717) is 6.42 Å². The molecular weight excluding hydrogens is 186 g/mol. The summed E-state index contributed by atoms with van der Waals surface area (Å²) in [6, 6.07) is 0. The van der Waals surface area contributed by atoms with Crippen LogP contribution in [0.15, 0.2) is 0 Å². The Morgan fingerprint density at radius 1 is 1.27 bits per heavy atom. The molecule has 1 fully saturated rings. The minimum atomic E-state index is -0.344. The van der Waals surface area contributed by atoms with E-state index in [9.17, 15) is 5.11 Å². The Balaban J connectivity index is 2.56. The first-order chi connectivity index (χ1) is 7.09. The highest BCUT2D eigenvalue weighted by Gasteiger charge is 2.34. The topological polar surface area (TPSA) is 23.5 Å². The molecule has 1 aliphatic rings. The summed E-state index contributed by atoms with van der Waals surface area (Å²) in [7, 11) is 0. The first kappa shape index (κ1) is 12.5. The second-order valence-electron chi connectivity index (χ2n) is 4.85. The number of hydrogen-bond donors (Lipinski definition) is 1. The first-order valence-electron chi connectivity index (χ1n) is 5.91. The van der Waals surface area contributed by atoms with Crippen LogP contribution in [0.4, 0.5) is 0 Å². The van der Waals surface area contributed by atoms with Crippen LogP contribution in [0.3, 0.4) is 0 Å². The fourth-order valence-electron chi connectivity index (χ4n) is 2.13. The first-order valence-corrected chi connectivity index (χ1v) is 5.91. The van der Waals surface area contributed by atoms with Crippen LogP contribution >= 0.6 is 0 Å². The average Bonchev–Trinajstić information content (AvgIpc) is 2.27. The van der Waals surface area contributed by atoms with E-state index >= 15 is 0 Å². The van der Waals surface area contributed by atoms with Crippen LogP contribution in [0.1, 0.15) is 46.5 Å². The number of hydrogen-bond acceptors (Lipinski definition) is 2. The molecule has 0 aromatic heterocycles. The van der Waals surface area contributed by atoms with Gasteiger partial charge in [0.15, 0.2) is 0 Å². The van der Waals surface area contributed by atoms with E-state index in [-0.39, 0.29) is 11.6 Å². The van der Waals surface area contributed by atoms with E-state index < -0.39 is 0 Å². The van der Waals surface area contributed by atoms with Crippen LogP contribution in [0.5, 0.6) is 0 Å². The second-order valence-corrected chi connectivity index (χ2v) is 4.85.